The summed E-state index contributed by atoms with van der Waals surface area (Å²) in [7, 11) is 0. The van der Waals surface area contributed by atoms with Crippen molar-refractivity contribution in [2.45, 2.75) is 84.6 Å². The summed E-state index contributed by atoms with van der Waals surface area (Å²) in [5.41, 5.74) is 0.926. The standard InChI is InChI=1S/C17H30N2O/c1-4-7-8-9-10-11-17(20)14-15-12-13-19(18-15)16(5-2)6-3/h12-13,16H,4-11,14H2,1-3H3. The van der Waals surface area contributed by atoms with Crippen LogP contribution >= 0.6 is 0 Å². The van der Waals surface area contributed by atoms with Crippen molar-refractivity contribution in [1.82, 2.24) is 9.78 Å². The Bertz CT molecular complexity index is 380. The van der Waals surface area contributed by atoms with Gasteiger partial charge in [-0.05, 0) is 25.3 Å². The maximum absolute atomic E-state index is 11.9. The number of carbonyl (C=O) groups is 1. The van der Waals surface area contributed by atoms with Crippen molar-refractivity contribution in [1.29, 1.82) is 0 Å². The first kappa shape index (κ1) is 16.9. The smallest absolute Gasteiger partial charge is 0.138 e. The van der Waals surface area contributed by atoms with Gasteiger partial charge >= 0.3 is 0 Å². The van der Waals surface area contributed by atoms with Crippen LogP contribution in [0.1, 0.15) is 83.9 Å². The number of carbonyl (C=O) groups excluding carboxylic acids is 1. The molecule has 0 saturated carbocycles. The fourth-order valence-electron chi connectivity index (χ4n) is 2.55. The van der Waals surface area contributed by atoms with Gasteiger partial charge in [-0.15, -0.1) is 0 Å². The number of hydrogen-bond acceptors (Lipinski definition) is 2. The van der Waals surface area contributed by atoms with Crippen LogP contribution in [0.4, 0.5) is 0 Å². The molecule has 0 N–H and O–H groups in total. The highest BCUT2D eigenvalue weighted by atomic mass is 16.1. The third kappa shape index (κ3) is 5.89. The molecule has 0 bridgehead atoms. The summed E-state index contributed by atoms with van der Waals surface area (Å²) in [6.07, 6.45) is 11.4. The highest BCUT2D eigenvalue weighted by Gasteiger charge is 2.10. The number of rotatable bonds is 11. The predicted molar refractivity (Wildman–Crippen MR) is 83.9 cm³/mol. The lowest BCUT2D eigenvalue weighted by Gasteiger charge is -2.12. The van der Waals surface area contributed by atoms with Crippen LogP contribution in [0, 0.1) is 0 Å². The molecular formula is C17H30N2O. The Morgan fingerprint density at radius 3 is 2.50 bits per heavy atom. The van der Waals surface area contributed by atoms with E-state index in [4.69, 9.17) is 0 Å². The van der Waals surface area contributed by atoms with Crippen LogP contribution < -0.4 is 0 Å². The molecule has 114 valence electrons. The highest BCUT2D eigenvalue weighted by molar-refractivity contribution is 5.80. The first-order chi connectivity index (χ1) is 9.71. The molecular weight excluding hydrogens is 248 g/mol. The SMILES string of the molecule is CCCCCCCC(=O)Cc1ccn(C(CC)CC)n1. The lowest BCUT2D eigenvalue weighted by atomic mass is 10.1. The molecule has 1 rings (SSSR count). The van der Waals surface area contributed by atoms with Gasteiger partial charge in [0, 0.05) is 12.6 Å². The second-order valence-corrected chi connectivity index (χ2v) is 5.64. The summed E-state index contributed by atoms with van der Waals surface area (Å²) in [5, 5.41) is 4.55. The zero-order valence-electron chi connectivity index (χ0n) is 13.4. The molecule has 0 aliphatic rings. The molecule has 0 aliphatic heterocycles. The lowest BCUT2D eigenvalue weighted by Crippen LogP contribution is -2.09. The monoisotopic (exact) mass is 278 g/mol. The zero-order valence-corrected chi connectivity index (χ0v) is 13.4. The molecule has 0 aliphatic carbocycles. The molecule has 1 heterocycles. The first-order valence-electron chi connectivity index (χ1n) is 8.26. The average Bonchev–Trinajstić information content (AvgIpc) is 2.88. The largest absolute Gasteiger partial charge is 0.299 e. The van der Waals surface area contributed by atoms with E-state index in [-0.39, 0.29) is 0 Å². The van der Waals surface area contributed by atoms with Gasteiger partial charge in [0.2, 0.25) is 0 Å². The number of hydrogen-bond donors (Lipinski definition) is 0. The van der Waals surface area contributed by atoms with E-state index in [0.29, 0.717) is 24.7 Å². The topological polar surface area (TPSA) is 34.9 Å². The minimum Gasteiger partial charge on any atom is -0.299 e. The van der Waals surface area contributed by atoms with Crippen LogP contribution in [0.2, 0.25) is 0 Å². The molecule has 0 unspecified atom stereocenters. The van der Waals surface area contributed by atoms with Gasteiger partial charge < -0.3 is 0 Å². The first-order valence-corrected chi connectivity index (χ1v) is 8.26. The molecule has 1 aromatic rings. The summed E-state index contributed by atoms with van der Waals surface area (Å²) in [4.78, 5) is 11.9. The normalized spacial score (nSPS) is 11.2. The van der Waals surface area contributed by atoms with Gasteiger partial charge in [0.1, 0.15) is 5.78 Å². The number of ketones is 1. The van der Waals surface area contributed by atoms with Gasteiger partial charge in [0.15, 0.2) is 0 Å². The van der Waals surface area contributed by atoms with Crippen LogP contribution in [-0.2, 0) is 11.2 Å². The Balaban J connectivity index is 2.31. The van der Waals surface area contributed by atoms with E-state index in [9.17, 15) is 4.79 Å². The molecule has 0 atom stereocenters. The molecule has 1 aromatic heterocycles. The number of nitrogens with zero attached hydrogens (tertiary/aromatic N) is 2. The van der Waals surface area contributed by atoms with Crippen LogP contribution in [0.15, 0.2) is 12.3 Å². The van der Waals surface area contributed by atoms with E-state index >= 15 is 0 Å². The Hall–Kier alpha value is -1.12. The van der Waals surface area contributed by atoms with E-state index in [1.54, 1.807) is 0 Å². The van der Waals surface area contributed by atoms with Gasteiger partial charge in [-0.3, -0.25) is 9.48 Å². The van der Waals surface area contributed by atoms with Crippen molar-refractivity contribution in [3.8, 4) is 0 Å². The molecule has 3 nitrogen and oxygen atoms in total. The van der Waals surface area contributed by atoms with E-state index in [1.165, 1.54) is 25.7 Å². The predicted octanol–water partition coefficient (Wildman–Crippen LogP) is 4.72. The van der Waals surface area contributed by atoms with Crippen molar-refractivity contribution in [2.24, 2.45) is 0 Å². The fraction of sp³-hybridized carbons (Fsp3) is 0.765. The van der Waals surface area contributed by atoms with Crippen molar-refractivity contribution >= 4 is 5.78 Å². The molecule has 20 heavy (non-hydrogen) atoms. The summed E-state index contributed by atoms with van der Waals surface area (Å²) < 4.78 is 2.02. The number of Topliss-reactive ketones (excluding diaryl/α,β-unsaturated/α-hetero) is 1. The van der Waals surface area contributed by atoms with Crippen molar-refractivity contribution in [3.63, 3.8) is 0 Å². The van der Waals surface area contributed by atoms with Crippen LogP contribution in [-0.4, -0.2) is 15.6 Å². The molecule has 0 fully saturated rings. The second-order valence-electron chi connectivity index (χ2n) is 5.64. The summed E-state index contributed by atoms with van der Waals surface area (Å²) in [5.74, 6) is 0.330. The maximum Gasteiger partial charge on any atom is 0.138 e. The van der Waals surface area contributed by atoms with Gasteiger partial charge in [-0.25, -0.2) is 0 Å². The van der Waals surface area contributed by atoms with Gasteiger partial charge in [0.05, 0.1) is 18.2 Å². The molecule has 0 radical (unpaired) electrons. The minimum atomic E-state index is 0.330. The van der Waals surface area contributed by atoms with Crippen molar-refractivity contribution in [3.05, 3.63) is 18.0 Å². The minimum absolute atomic E-state index is 0.330. The average molecular weight is 278 g/mol. The zero-order chi connectivity index (χ0) is 14.8. The molecule has 0 saturated heterocycles. The van der Waals surface area contributed by atoms with Gasteiger partial charge in [0.25, 0.3) is 0 Å². The maximum atomic E-state index is 11.9. The Kier molecular flexibility index (Phi) is 8.24. The van der Waals surface area contributed by atoms with E-state index in [2.05, 4.69) is 25.9 Å². The van der Waals surface area contributed by atoms with Crippen LogP contribution in [0.3, 0.4) is 0 Å². The fourth-order valence-corrected chi connectivity index (χ4v) is 2.55. The highest BCUT2D eigenvalue weighted by Crippen LogP contribution is 2.15. The van der Waals surface area contributed by atoms with Crippen LogP contribution in [0.25, 0.3) is 0 Å². The Labute approximate surface area is 123 Å². The molecule has 0 spiro atoms. The Morgan fingerprint density at radius 1 is 1.15 bits per heavy atom. The van der Waals surface area contributed by atoms with Gasteiger partial charge in [-0.1, -0.05) is 46.5 Å². The number of aromatic nitrogens is 2. The summed E-state index contributed by atoms with van der Waals surface area (Å²) >= 11 is 0. The summed E-state index contributed by atoms with van der Waals surface area (Å²) in [6, 6.07) is 2.46. The van der Waals surface area contributed by atoms with Crippen molar-refractivity contribution in [2.75, 3.05) is 0 Å². The third-order valence-corrected chi connectivity index (χ3v) is 3.92. The quantitative estimate of drug-likeness (QED) is 0.549. The van der Waals surface area contributed by atoms with E-state index in [1.807, 2.05) is 16.9 Å². The second kappa shape index (κ2) is 9.73. The van der Waals surface area contributed by atoms with E-state index < -0.39 is 0 Å². The van der Waals surface area contributed by atoms with Gasteiger partial charge in [-0.2, -0.15) is 5.10 Å². The Morgan fingerprint density at radius 2 is 1.85 bits per heavy atom. The third-order valence-electron chi connectivity index (χ3n) is 3.92. The molecule has 3 heteroatoms. The summed E-state index contributed by atoms with van der Waals surface area (Å²) in [6.45, 7) is 6.56. The van der Waals surface area contributed by atoms with Crippen molar-refractivity contribution < 1.29 is 4.79 Å². The van der Waals surface area contributed by atoms with Crippen LogP contribution in [0.5, 0.6) is 0 Å². The number of unbranched alkanes of at least 4 members (excludes halogenated alkanes) is 4. The van der Waals surface area contributed by atoms with E-state index in [0.717, 1.165) is 25.0 Å². The molecule has 0 aromatic carbocycles. The molecule has 0 amide bonds. The lowest BCUT2D eigenvalue weighted by molar-refractivity contribution is -0.118.